The highest BCUT2D eigenvalue weighted by Gasteiger charge is 2.37. The second kappa shape index (κ2) is 8.12. The first-order valence-electron chi connectivity index (χ1n) is 10.0. The van der Waals surface area contributed by atoms with Gasteiger partial charge >= 0.3 is 0 Å². The normalized spacial score (nSPS) is 20.2. The van der Waals surface area contributed by atoms with Crippen LogP contribution < -0.4 is 19.5 Å². The maximum atomic E-state index is 11.2. The Balaban J connectivity index is 1.78. The fraction of sp³-hybridized carbons (Fsp3) is 0.455. The molecule has 160 valence electrons. The monoisotopic (exact) mass is 412 g/mol. The van der Waals surface area contributed by atoms with Crippen molar-refractivity contribution < 1.29 is 19.3 Å². The number of hydrogen-bond acceptors (Lipinski definition) is 7. The topological polar surface area (TPSA) is 102 Å². The molecule has 1 fully saturated rings. The fourth-order valence-electron chi connectivity index (χ4n) is 4.18. The van der Waals surface area contributed by atoms with Gasteiger partial charge in [0.25, 0.3) is 0 Å². The number of H-pyrrole nitrogens is 1. The first kappa shape index (κ1) is 20.4. The molecule has 4 rings (SSSR count). The number of rotatable bonds is 6. The molecular weight excluding hydrogens is 384 g/mol. The summed E-state index contributed by atoms with van der Waals surface area (Å²) >= 11 is 0. The van der Waals surface area contributed by atoms with Crippen molar-refractivity contribution in [1.82, 2.24) is 20.3 Å². The summed E-state index contributed by atoms with van der Waals surface area (Å²) < 4.78 is 16.3. The van der Waals surface area contributed by atoms with Crippen LogP contribution in [0, 0.1) is 5.41 Å². The molecule has 0 saturated carbocycles. The van der Waals surface area contributed by atoms with Gasteiger partial charge in [0.2, 0.25) is 5.75 Å². The van der Waals surface area contributed by atoms with Crippen LogP contribution in [0.5, 0.6) is 17.2 Å². The second-order valence-electron chi connectivity index (χ2n) is 7.95. The summed E-state index contributed by atoms with van der Waals surface area (Å²) in [4.78, 5) is 12.5. The molecule has 1 aliphatic rings. The van der Waals surface area contributed by atoms with Crippen molar-refractivity contribution in [2.45, 2.75) is 25.9 Å². The zero-order valence-electron chi connectivity index (χ0n) is 17.8. The highest BCUT2D eigenvalue weighted by molar-refractivity contribution is 5.79. The molecule has 0 aliphatic carbocycles. The van der Waals surface area contributed by atoms with E-state index in [0.717, 1.165) is 37.1 Å². The minimum atomic E-state index is -0.650. The van der Waals surface area contributed by atoms with E-state index >= 15 is 0 Å². The Bertz CT molecular complexity index is 1020. The van der Waals surface area contributed by atoms with Crippen LogP contribution in [0.25, 0.3) is 22.4 Å². The maximum absolute atomic E-state index is 11.2. The van der Waals surface area contributed by atoms with Gasteiger partial charge in [0.1, 0.15) is 5.52 Å². The van der Waals surface area contributed by atoms with Crippen molar-refractivity contribution in [1.29, 1.82) is 0 Å². The van der Waals surface area contributed by atoms with E-state index in [1.165, 1.54) is 0 Å². The molecule has 0 amide bonds. The Kier molecular flexibility index (Phi) is 5.53. The van der Waals surface area contributed by atoms with E-state index in [1.54, 1.807) is 27.5 Å². The lowest BCUT2D eigenvalue weighted by molar-refractivity contribution is 0.0189. The molecule has 8 heteroatoms. The summed E-state index contributed by atoms with van der Waals surface area (Å²) in [5.41, 5.74) is 3.26. The van der Waals surface area contributed by atoms with Crippen molar-refractivity contribution in [3.8, 4) is 28.5 Å². The van der Waals surface area contributed by atoms with Crippen molar-refractivity contribution in [2.75, 3.05) is 34.4 Å². The number of aromatic nitrogens is 3. The molecule has 3 N–H and O–H groups in total. The molecule has 1 aromatic carbocycles. The molecule has 2 unspecified atom stereocenters. The van der Waals surface area contributed by atoms with E-state index in [0.29, 0.717) is 34.1 Å². The Morgan fingerprint density at radius 3 is 2.47 bits per heavy atom. The summed E-state index contributed by atoms with van der Waals surface area (Å²) in [5, 5.41) is 14.6. The number of hydrogen-bond donors (Lipinski definition) is 3. The summed E-state index contributed by atoms with van der Waals surface area (Å²) in [6.45, 7) is 3.86. The smallest absolute Gasteiger partial charge is 0.203 e. The third-order valence-corrected chi connectivity index (χ3v) is 5.96. The number of benzene rings is 1. The van der Waals surface area contributed by atoms with Crippen molar-refractivity contribution in [2.24, 2.45) is 5.41 Å². The zero-order chi connectivity index (χ0) is 21.3. The van der Waals surface area contributed by atoms with Crippen molar-refractivity contribution in [3.05, 3.63) is 30.1 Å². The number of aromatic amines is 1. The van der Waals surface area contributed by atoms with Crippen LogP contribution in [0.15, 0.2) is 24.5 Å². The van der Waals surface area contributed by atoms with Gasteiger partial charge in [0.15, 0.2) is 17.1 Å². The van der Waals surface area contributed by atoms with Gasteiger partial charge in [0, 0.05) is 29.3 Å². The lowest BCUT2D eigenvalue weighted by Gasteiger charge is -2.38. The number of methoxy groups -OCH3 is 3. The predicted octanol–water partition coefficient (Wildman–Crippen LogP) is 3.07. The lowest BCUT2D eigenvalue weighted by atomic mass is 9.75. The number of aliphatic hydroxyl groups excluding tert-OH is 1. The van der Waals surface area contributed by atoms with E-state index in [2.05, 4.69) is 22.2 Å². The summed E-state index contributed by atoms with van der Waals surface area (Å²) in [7, 11) is 4.73. The van der Waals surface area contributed by atoms with Crippen LogP contribution in [0.3, 0.4) is 0 Å². The van der Waals surface area contributed by atoms with Gasteiger partial charge in [-0.3, -0.25) is 0 Å². The van der Waals surface area contributed by atoms with Gasteiger partial charge in [-0.15, -0.1) is 0 Å². The van der Waals surface area contributed by atoms with E-state index < -0.39 is 6.10 Å². The molecule has 0 spiro atoms. The quantitative estimate of drug-likeness (QED) is 0.572. The summed E-state index contributed by atoms with van der Waals surface area (Å²) in [5.74, 6) is 1.61. The van der Waals surface area contributed by atoms with Crippen LogP contribution in [0.1, 0.15) is 31.4 Å². The molecule has 30 heavy (non-hydrogen) atoms. The molecule has 3 heterocycles. The first-order chi connectivity index (χ1) is 14.5. The number of ether oxygens (including phenoxy) is 3. The van der Waals surface area contributed by atoms with Crippen LogP contribution in [0.2, 0.25) is 0 Å². The lowest BCUT2D eigenvalue weighted by Crippen LogP contribution is -2.41. The molecule has 1 saturated heterocycles. The number of fused-ring (bicyclic) bond motifs is 1. The average Bonchev–Trinajstić information content (AvgIpc) is 3.21. The zero-order valence-corrected chi connectivity index (χ0v) is 17.8. The van der Waals surface area contributed by atoms with Gasteiger partial charge in [0.05, 0.1) is 39.3 Å². The minimum absolute atomic E-state index is 0.252. The van der Waals surface area contributed by atoms with Gasteiger partial charge in [-0.05, 0) is 31.5 Å². The van der Waals surface area contributed by atoms with Crippen LogP contribution in [0.4, 0.5) is 0 Å². The summed E-state index contributed by atoms with van der Waals surface area (Å²) in [6.07, 6.45) is 4.85. The fourth-order valence-corrected chi connectivity index (χ4v) is 4.18. The van der Waals surface area contributed by atoms with E-state index in [1.807, 2.05) is 18.3 Å². The molecule has 0 bridgehead atoms. The molecular formula is C22H28N4O4. The number of nitrogens with one attached hydrogen (secondary N) is 2. The van der Waals surface area contributed by atoms with Crippen LogP contribution >= 0.6 is 0 Å². The van der Waals surface area contributed by atoms with Crippen molar-refractivity contribution >= 4 is 11.2 Å². The summed E-state index contributed by atoms with van der Waals surface area (Å²) in [6, 6.07) is 3.68. The standard InChI is InChI=1S/C22H28N4O4/c1-22(6-5-7-23-12-22)20(27)14-10-24-21-18(14)26-15(11-25-21)13-8-16(28-2)19(30-4)17(9-13)29-3/h8-11,20,23,27H,5-7,12H2,1-4H3,(H,24,25). The van der Waals surface area contributed by atoms with E-state index in [4.69, 9.17) is 19.2 Å². The Morgan fingerprint density at radius 1 is 1.13 bits per heavy atom. The molecule has 3 aromatic rings. The third kappa shape index (κ3) is 3.46. The molecule has 2 aromatic heterocycles. The van der Waals surface area contributed by atoms with Gasteiger partial charge in [-0.25, -0.2) is 9.97 Å². The number of aliphatic hydroxyl groups is 1. The largest absolute Gasteiger partial charge is 0.493 e. The molecule has 0 radical (unpaired) electrons. The predicted molar refractivity (Wildman–Crippen MR) is 114 cm³/mol. The molecule has 1 aliphatic heterocycles. The highest BCUT2D eigenvalue weighted by atomic mass is 16.5. The average molecular weight is 412 g/mol. The van der Waals surface area contributed by atoms with Gasteiger partial charge in [-0.2, -0.15) is 0 Å². The minimum Gasteiger partial charge on any atom is -0.493 e. The highest BCUT2D eigenvalue weighted by Crippen LogP contribution is 2.43. The number of nitrogens with zero attached hydrogens (tertiary/aromatic N) is 2. The second-order valence-corrected chi connectivity index (χ2v) is 7.95. The molecule has 8 nitrogen and oxygen atoms in total. The van der Waals surface area contributed by atoms with Crippen molar-refractivity contribution in [3.63, 3.8) is 0 Å². The van der Waals surface area contributed by atoms with Crippen LogP contribution in [-0.4, -0.2) is 54.5 Å². The third-order valence-electron chi connectivity index (χ3n) is 5.96. The first-order valence-corrected chi connectivity index (χ1v) is 10.0. The van der Waals surface area contributed by atoms with Gasteiger partial charge in [-0.1, -0.05) is 6.92 Å². The van der Waals surface area contributed by atoms with Gasteiger partial charge < -0.3 is 29.6 Å². The maximum Gasteiger partial charge on any atom is 0.203 e. The Morgan fingerprint density at radius 2 is 1.87 bits per heavy atom. The Labute approximate surface area is 175 Å². The van der Waals surface area contributed by atoms with Crippen LogP contribution in [-0.2, 0) is 0 Å². The van der Waals surface area contributed by atoms with E-state index in [9.17, 15) is 5.11 Å². The Hall–Kier alpha value is -2.84. The SMILES string of the molecule is COc1cc(-c2cnc3[nH]cc(C(O)C4(C)CCCNC4)c3n2)cc(OC)c1OC. The number of piperidine rings is 1. The molecule has 2 atom stereocenters. The van der Waals surface area contributed by atoms with E-state index in [-0.39, 0.29) is 5.41 Å².